The molecule has 2 unspecified atom stereocenters. The zero-order chi connectivity index (χ0) is 12.0. The second-order valence-corrected chi connectivity index (χ2v) is 5.34. The Kier molecular flexibility index (Phi) is 6.31. The third-order valence-corrected chi connectivity index (χ3v) is 4.07. The molecule has 4 nitrogen and oxygen atoms in total. The molecule has 1 amide bonds. The standard InChI is InChI=1S/C11H20BrNO3/c1-9-3-4-13(7-10(9)12)11(14)8-16-6-5-15-2/h9-10H,3-8H2,1-2H3. The topological polar surface area (TPSA) is 38.8 Å². The van der Waals surface area contributed by atoms with Gasteiger partial charge < -0.3 is 14.4 Å². The van der Waals surface area contributed by atoms with E-state index in [1.54, 1.807) is 7.11 Å². The summed E-state index contributed by atoms with van der Waals surface area (Å²) in [6.45, 7) is 5.01. The number of halogens is 1. The minimum Gasteiger partial charge on any atom is -0.382 e. The van der Waals surface area contributed by atoms with Crippen LogP contribution in [0.2, 0.25) is 0 Å². The van der Waals surface area contributed by atoms with Crippen molar-refractivity contribution >= 4 is 21.8 Å². The summed E-state index contributed by atoms with van der Waals surface area (Å²) in [4.78, 5) is 14.0. The maximum Gasteiger partial charge on any atom is 0.248 e. The smallest absolute Gasteiger partial charge is 0.248 e. The Morgan fingerprint density at radius 2 is 2.25 bits per heavy atom. The average Bonchev–Trinajstić information content (AvgIpc) is 2.28. The van der Waals surface area contributed by atoms with Gasteiger partial charge in [0.2, 0.25) is 5.91 Å². The van der Waals surface area contributed by atoms with E-state index < -0.39 is 0 Å². The van der Waals surface area contributed by atoms with Gasteiger partial charge in [-0.25, -0.2) is 0 Å². The number of ether oxygens (including phenoxy) is 2. The molecule has 1 aliphatic rings. The number of likely N-dealkylation sites (tertiary alicyclic amines) is 1. The van der Waals surface area contributed by atoms with Crippen molar-refractivity contribution < 1.29 is 14.3 Å². The van der Waals surface area contributed by atoms with Crippen LogP contribution in [-0.4, -0.2) is 55.7 Å². The minimum atomic E-state index is 0.0763. The van der Waals surface area contributed by atoms with Crippen molar-refractivity contribution in [2.75, 3.05) is 40.0 Å². The molecule has 1 aliphatic heterocycles. The third kappa shape index (κ3) is 4.39. The van der Waals surface area contributed by atoms with Crippen molar-refractivity contribution in [2.24, 2.45) is 5.92 Å². The third-order valence-electron chi connectivity index (χ3n) is 2.88. The highest BCUT2D eigenvalue weighted by Gasteiger charge is 2.26. The summed E-state index contributed by atoms with van der Waals surface area (Å²) < 4.78 is 10.1. The molecule has 1 rings (SSSR count). The number of hydrogen-bond donors (Lipinski definition) is 0. The Morgan fingerprint density at radius 1 is 1.50 bits per heavy atom. The molecule has 0 aliphatic carbocycles. The number of hydrogen-bond acceptors (Lipinski definition) is 3. The van der Waals surface area contributed by atoms with Crippen LogP contribution < -0.4 is 0 Å². The summed E-state index contributed by atoms with van der Waals surface area (Å²) in [5.74, 6) is 0.714. The molecule has 5 heteroatoms. The van der Waals surface area contributed by atoms with E-state index in [0.29, 0.717) is 24.0 Å². The molecule has 1 fully saturated rings. The number of nitrogens with zero attached hydrogens (tertiary/aromatic N) is 1. The lowest BCUT2D eigenvalue weighted by Gasteiger charge is -2.34. The molecule has 16 heavy (non-hydrogen) atoms. The van der Waals surface area contributed by atoms with Gasteiger partial charge in [0.25, 0.3) is 0 Å². The van der Waals surface area contributed by atoms with E-state index in [2.05, 4.69) is 22.9 Å². The van der Waals surface area contributed by atoms with E-state index >= 15 is 0 Å². The Hall–Kier alpha value is -0.130. The van der Waals surface area contributed by atoms with Gasteiger partial charge in [0, 0.05) is 25.0 Å². The molecule has 0 aromatic carbocycles. The number of methoxy groups -OCH3 is 1. The van der Waals surface area contributed by atoms with Crippen molar-refractivity contribution in [3.05, 3.63) is 0 Å². The Labute approximate surface area is 105 Å². The normalized spacial score (nSPS) is 25.8. The molecule has 94 valence electrons. The van der Waals surface area contributed by atoms with Crippen LogP contribution in [0.15, 0.2) is 0 Å². The van der Waals surface area contributed by atoms with Gasteiger partial charge >= 0.3 is 0 Å². The first kappa shape index (κ1) is 13.9. The van der Waals surface area contributed by atoms with Gasteiger partial charge in [0.1, 0.15) is 6.61 Å². The second-order valence-electron chi connectivity index (χ2n) is 4.17. The molecule has 1 saturated heterocycles. The molecule has 0 aromatic heterocycles. The van der Waals surface area contributed by atoms with E-state index in [9.17, 15) is 4.79 Å². The number of carbonyl (C=O) groups is 1. The van der Waals surface area contributed by atoms with Crippen LogP contribution in [0.5, 0.6) is 0 Å². The predicted molar refractivity (Wildman–Crippen MR) is 65.8 cm³/mol. The zero-order valence-electron chi connectivity index (χ0n) is 9.95. The molecule has 0 radical (unpaired) electrons. The monoisotopic (exact) mass is 293 g/mol. The van der Waals surface area contributed by atoms with E-state index in [4.69, 9.17) is 9.47 Å². The van der Waals surface area contributed by atoms with Crippen molar-refractivity contribution in [3.63, 3.8) is 0 Å². The molecular weight excluding hydrogens is 274 g/mol. The highest BCUT2D eigenvalue weighted by atomic mass is 79.9. The fourth-order valence-corrected chi connectivity index (χ4v) is 2.26. The number of piperidine rings is 1. The first-order valence-electron chi connectivity index (χ1n) is 5.63. The summed E-state index contributed by atoms with van der Waals surface area (Å²) in [5, 5.41) is 0. The van der Waals surface area contributed by atoms with Crippen LogP contribution in [0.4, 0.5) is 0 Å². The van der Waals surface area contributed by atoms with E-state index in [-0.39, 0.29) is 12.5 Å². The average molecular weight is 294 g/mol. The highest BCUT2D eigenvalue weighted by molar-refractivity contribution is 9.09. The lowest BCUT2D eigenvalue weighted by molar-refractivity contribution is -0.137. The minimum absolute atomic E-state index is 0.0763. The zero-order valence-corrected chi connectivity index (χ0v) is 11.5. The van der Waals surface area contributed by atoms with Gasteiger partial charge in [-0.05, 0) is 12.3 Å². The van der Waals surface area contributed by atoms with Gasteiger partial charge in [0.15, 0.2) is 0 Å². The highest BCUT2D eigenvalue weighted by Crippen LogP contribution is 2.23. The van der Waals surface area contributed by atoms with Gasteiger partial charge in [-0.1, -0.05) is 22.9 Å². The fraction of sp³-hybridized carbons (Fsp3) is 0.909. The molecule has 0 saturated carbocycles. The Morgan fingerprint density at radius 3 is 2.88 bits per heavy atom. The van der Waals surface area contributed by atoms with Crippen molar-refractivity contribution in [1.82, 2.24) is 4.90 Å². The summed E-state index contributed by atoms with van der Waals surface area (Å²) >= 11 is 3.60. The Bertz CT molecular complexity index is 225. The van der Waals surface area contributed by atoms with Crippen LogP contribution >= 0.6 is 15.9 Å². The van der Waals surface area contributed by atoms with Crippen LogP contribution in [0.25, 0.3) is 0 Å². The number of alkyl halides is 1. The summed E-state index contributed by atoms with van der Waals surface area (Å²) in [7, 11) is 1.62. The van der Waals surface area contributed by atoms with E-state index in [1.807, 2.05) is 4.90 Å². The predicted octanol–water partition coefficient (Wildman–Crippen LogP) is 1.28. The van der Waals surface area contributed by atoms with Gasteiger partial charge in [-0.2, -0.15) is 0 Å². The molecular formula is C11H20BrNO3. The van der Waals surface area contributed by atoms with Crippen LogP contribution in [-0.2, 0) is 14.3 Å². The van der Waals surface area contributed by atoms with Crippen molar-refractivity contribution in [3.8, 4) is 0 Å². The summed E-state index contributed by atoms with van der Waals surface area (Å²) in [6, 6.07) is 0. The van der Waals surface area contributed by atoms with Crippen molar-refractivity contribution in [2.45, 2.75) is 18.2 Å². The van der Waals surface area contributed by atoms with E-state index in [1.165, 1.54) is 0 Å². The number of amides is 1. The number of carbonyl (C=O) groups excluding carboxylic acids is 1. The van der Waals surface area contributed by atoms with Gasteiger partial charge in [-0.3, -0.25) is 4.79 Å². The first-order valence-corrected chi connectivity index (χ1v) is 6.55. The number of rotatable bonds is 5. The summed E-state index contributed by atoms with van der Waals surface area (Å²) in [6.07, 6.45) is 1.06. The van der Waals surface area contributed by atoms with Crippen LogP contribution in [0.3, 0.4) is 0 Å². The lowest BCUT2D eigenvalue weighted by Crippen LogP contribution is -2.45. The SMILES string of the molecule is COCCOCC(=O)N1CCC(C)C(Br)C1. The molecule has 0 aromatic rings. The second kappa shape index (κ2) is 7.25. The molecule has 1 heterocycles. The largest absolute Gasteiger partial charge is 0.382 e. The van der Waals surface area contributed by atoms with Gasteiger partial charge in [-0.15, -0.1) is 0 Å². The first-order chi connectivity index (χ1) is 7.65. The lowest BCUT2D eigenvalue weighted by atomic mass is 9.99. The van der Waals surface area contributed by atoms with Crippen LogP contribution in [0.1, 0.15) is 13.3 Å². The molecule has 0 N–H and O–H groups in total. The van der Waals surface area contributed by atoms with E-state index in [0.717, 1.165) is 19.5 Å². The fourth-order valence-electron chi connectivity index (χ4n) is 1.64. The summed E-state index contributed by atoms with van der Waals surface area (Å²) in [5.41, 5.74) is 0. The Balaban J connectivity index is 2.21. The van der Waals surface area contributed by atoms with Crippen molar-refractivity contribution in [1.29, 1.82) is 0 Å². The van der Waals surface area contributed by atoms with Gasteiger partial charge in [0.05, 0.1) is 13.2 Å². The quantitative estimate of drug-likeness (QED) is 0.566. The maximum atomic E-state index is 11.8. The van der Waals surface area contributed by atoms with Crippen LogP contribution in [0, 0.1) is 5.92 Å². The molecule has 0 spiro atoms. The molecule has 0 bridgehead atoms. The maximum absolute atomic E-state index is 11.8. The molecule has 2 atom stereocenters.